The summed E-state index contributed by atoms with van der Waals surface area (Å²) < 4.78 is 7.38. The van der Waals surface area contributed by atoms with Crippen molar-refractivity contribution in [2.75, 3.05) is 10.2 Å². The molecule has 0 saturated heterocycles. The van der Waals surface area contributed by atoms with Crippen LogP contribution in [0.4, 0.5) is 11.4 Å². The fourth-order valence-electron chi connectivity index (χ4n) is 3.58. The van der Waals surface area contributed by atoms with Crippen LogP contribution >= 0.6 is 0 Å². The Morgan fingerprint density at radius 1 is 0.968 bits per heavy atom. The largest absolute Gasteiger partial charge is 0.449 e. The lowest BCUT2D eigenvalue weighted by molar-refractivity contribution is -0.131. The van der Waals surface area contributed by atoms with Crippen LogP contribution < -0.4 is 10.2 Å². The van der Waals surface area contributed by atoms with Gasteiger partial charge < -0.3 is 14.6 Å². The van der Waals surface area contributed by atoms with Gasteiger partial charge in [0.25, 0.3) is 5.91 Å². The molecule has 1 N–H and O–H groups in total. The zero-order valence-electron chi connectivity index (χ0n) is 17.5. The van der Waals surface area contributed by atoms with Gasteiger partial charge in [-0.2, -0.15) is 0 Å². The fourth-order valence-corrected chi connectivity index (χ4v) is 3.58. The quantitative estimate of drug-likeness (QED) is 0.655. The monoisotopic (exact) mass is 417 g/mol. The number of hydrogen-bond acceptors (Lipinski definition) is 4. The number of carbonyl (C=O) groups excluding carboxylic acids is 3. The second-order valence-electron chi connectivity index (χ2n) is 7.89. The fraction of sp³-hybridized carbons (Fsp3) is 0.208. The van der Waals surface area contributed by atoms with Crippen LogP contribution in [0.2, 0.25) is 0 Å². The van der Waals surface area contributed by atoms with Crippen molar-refractivity contribution in [1.82, 2.24) is 4.57 Å². The number of aromatic nitrogens is 1. The average Bonchev–Trinajstić information content (AvgIpc) is 3.29. The number of amides is 2. The molecule has 158 valence electrons. The number of ether oxygens (including phenoxy) is 1. The van der Waals surface area contributed by atoms with Gasteiger partial charge >= 0.3 is 5.97 Å². The number of benzene rings is 2. The van der Waals surface area contributed by atoms with Gasteiger partial charge in [-0.05, 0) is 69.3 Å². The van der Waals surface area contributed by atoms with E-state index in [1.54, 1.807) is 62.4 Å². The maximum atomic E-state index is 13.3. The van der Waals surface area contributed by atoms with E-state index in [4.69, 9.17) is 4.74 Å². The summed E-state index contributed by atoms with van der Waals surface area (Å²) >= 11 is 0. The maximum absolute atomic E-state index is 13.3. The van der Waals surface area contributed by atoms with Crippen molar-refractivity contribution >= 4 is 29.2 Å². The predicted molar refractivity (Wildman–Crippen MR) is 117 cm³/mol. The Labute approximate surface area is 180 Å². The van der Waals surface area contributed by atoms with Crippen LogP contribution in [0.25, 0.3) is 5.69 Å². The number of nitrogens with zero attached hydrogens (tertiary/aromatic N) is 2. The normalized spacial score (nSPS) is 15.6. The van der Waals surface area contributed by atoms with Gasteiger partial charge in [0.1, 0.15) is 5.54 Å². The van der Waals surface area contributed by atoms with E-state index in [0.29, 0.717) is 16.9 Å². The zero-order valence-corrected chi connectivity index (χ0v) is 17.5. The van der Waals surface area contributed by atoms with Crippen LogP contribution in [0.15, 0.2) is 73.1 Å². The molecule has 1 aliphatic rings. The second kappa shape index (κ2) is 7.75. The molecule has 0 saturated carbocycles. The highest BCUT2D eigenvalue weighted by Crippen LogP contribution is 2.37. The molecule has 1 aliphatic heterocycles. The summed E-state index contributed by atoms with van der Waals surface area (Å²) in [6.45, 7) is 4.83. The molecule has 7 heteroatoms. The van der Waals surface area contributed by atoms with Crippen molar-refractivity contribution in [2.45, 2.75) is 32.4 Å². The molecule has 7 nitrogen and oxygen atoms in total. The molecule has 1 atom stereocenters. The first-order chi connectivity index (χ1) is 14.8. The minimum absolute atomic E-state index is 0.307. The Balaban J connectivity index is 1.53. The summed E-state index contributed by atoms with van der Waals surface area (Å²) in [5.41, 5.74) is 1.22. The topological polar surface area (TPSA) is 80.6 Å². The molecule has 4 rings (SSSR count). The lowest BCUT2D eigenvalue weighted by Gasteiger charge is -2.42. The molecular formula is C24H23N3O4. The third kappa shape index (κ3) is 3.70. The van der Waals surface area contributed by atoms with E-state index >= 15 is 0 Å². The highest BCUT2D eigenvalue weighted by molar-refractivity contribution is 6.15. The van der Waals surface area contributed by atoms with Crippen LogP contribution in [-0.4, -0.2) is 34.0 Å². The second-order valence-corrected chi connectivity index (χ2v) is 7.89. The van der Waals surface area contributed by atoms with Crippen molar-refractivity contribution < 1.29 is 19.1 Å². The van der Waals surface area contributed by atoms with Gasteiger partial charge in [0, 0.05) is 18.1 Å². The smallest absolute Gasteiger partial charge is 0.338 e. The van der Waals surface area contributed by atoms with Crippen LogP contribution in [0.1, 0.15) is 31.1 Å². The highest BCUT2D eigenvalue weighted by Gasteiger charge is 2.45. The average molecular weight is 417 g/mol. The minimum atomic E-state index is -1.13. The third-order valence-electron chi connectivity index (χ3n) is 5.37. The standard InChI is InChI=1S/C24H23N3O4/c1-16(31-22(29)17-10-12-18(13-11-17)26-14-6-7-15-26)21(28)27-20-9-5-4-8-19(20)25-23(30)24(27,2)3/h4-16H,1-3H3,(H,25,30)/t16-/m0/s1. The van der Waals surface area contributed by atoms with Crippen molar-refractivity contribution in [1.29, 1.82) is 0 Å². The summed E-state index contributed by atoms with van der Waals surface area (Å²) in [6, 6.07) is 17.8. The van der Waals surface area contributed by atoms with Gasteiger partial charge in [-0.3, -0.25) is 14.5 Å². The summed E-state index contributed by atoms with van der Waals surface area (Å²) in [5.74, 6) is -1.38. The zero-order chi connectivity index (χ0) is 22.2. The molecule has 0 fully saturated rings. The van der Waals surface area contributed by atoms with Crippen molar-refractivity contribution in [3.05, 3.63) is 78.6 Å². The molecule has 0 aliphatic carbocycles. The SMILES string of the molecule is C[C@H](OC(=O)c1ccc(-n2cccc2)cc1)C(=O)N1c2ccccc2NC(=O)C1(C)C. The number of fused-ring (bicyclic) bond motifs is 1. The minimum Gasteiger partial charge on any atom is -0.449 e. The van der Waals surface area contributed by atoms with Crippen LogP contribution in [0.3, 0.4) is 0 Å². The lowest BCUT2D eigenvalue weighted by Crippen LogP contribution is -2.60. The molecule has 2 amide bonds. The molecule has 0 bridgehead atoms. The van der Waals surface area contributed by atoms with E-state index in [2.05, 4.69) is 5.32 Å². The molecule has 2 aromatic carbocycles. The van der Waals surface area contributed by atoms with Gasteiger partial charge in [0.05, 0.1) is 16.9 Å². The van der Waals surface area contributed by atoms with Crippen LogP contribution in [0.5, 0.6) is 0 Å². The Bertz CT molecular complexity index is 1130. The number of para-hydroxylation sites is 2. The Hall–Kier alpha value is -3.87. The van der Waals surface area contributed by atoms with Crippen molar-refractivity contribution in [3.8, 4) is 5.69 Å². The third-order valence-corrected chi connectivity index (χ3v) is 5.37. The van der Waals surface area contributed by atoms with Crippen LogP contribution in [-0.2, 0) is 14.3 Å². The number of rotatable bonds is 4. The molecule has 1 aromatic heterocycles. The Kier molecular flexibility index (Phi) is 5.10. The predicted octanol–water partition coefficient (Wildman–Crippen LogP) is 3.79. The van der Waals surface area contributed by atoms with Crippen molar-refractivity contribution in [2.24, 2.45) is 0 Å². The Morgan fingerprint density at radius 2 is 1.61 bits per heavy atom. The molecule has 3 aromatic rings. The number of esters is 1. The highest BCUT2D eigenvalue weighted by atomic mass is 16.5. The van der Waals surface area contributed by atoms with Gasteiger partial charge in [-0.25, -0.2) is 4.79 Å². The molecule has 2 heterocycles. The first kappa shape index (κ1) is 20.4. The van der Waals surface area contributed by atoms with E-state index in [1.807, 2.05) is 29.1 Å². The lowest BCUT2D eigenvalue weighted by atomic mass is 9.95. The number of anilines is 2. The van der Waals surface area contributed by atoms with Crippen molar-refractivity contribution in [3.63, 3.8) is 0 Å². The Morgan fingerprint density at radius 3 is 2.29 bits per heavy atom. The van der Waals surface area contributed by atoms with Gasteiger partial charge in [-0.15, -0.1) is 0 Å². The van der Waals surface area contributed by atoms with E-state index in [-0.39, 0.29) is 5.91 Å². The molecular weight excluding hydrogens is 394 g/mol. The number of hydrogen-bond donors (Lipinski definition) is 1. The summed E-state index contributed by atoms with van der Waals surface area (Å²) in [5, 5.41) is 2.81. The van der Waals surface area contributed by atoms with E-state index < -0.39 is 23.5 Å². The molecule has 0 spiro atoms. The van der Waals surface area contributed by atoms with E-state index in [9.17, 15) is 14.4 Å². The number of carbonyl (C=O) groups is 3. The summed E-state index contributed by atoms with van der Waals surface area (Å²) in [7, 11) is 0. The van der Waals surface area contributed by atoms with Gasteiger partial charge in [0.2, 0.25) is 5.91 Å². The maximum Gasteiger partial charge on any atom is 0.338 e. The first-order valence-electron chi connectivity index (χ1n) is 9.98. The molecule has 31 heavy (non-hydrogen) atoms. The first-order valence-corrected chi connectivity index (χ1v) is 9.98. The van der Waals surface area contributed by atoms with E-state index in [1.165, 1.54) is 11.8 Å². The van der Waals surface area contributed by atoms with Crippen LogP contribution in [0, 0.1) is 0 Å². The van der Waals surface area contributed by atoms with Gasteiger partial charge in [0.15, 0.2) is 6.10 Å². The molecule has 0 radical (unpaired) electrons. The van der Waals surface area contributed by atoms with E-state index in [0.717, 1.165) is 5.69 Å². The summed E-state index contributed by atoms with van der Waals surface area (Å²) in [6.07, 6.45) is 2.74. The number of nitrogens with one attached hydrogen (secondary N) is 1. The van der Waals surface area contributed by atoms with Gasteiger partial charge in [-0.1, -0.05) is 12.1 Å². The summed E-state index contributed by atoms with van der Waals surface area (Å²) in [4.78, 5) is 39.9. The molecule has 0 unspecified atom stereocenters.